The van der Waals surface area contributed by atoms with Crippen LogP contribution in [-0.4, -0.2) is 31.1 Å². The zero-order valence-corrected chi connectivity index (χ0v) is 19.5. The molecule has 3 heteroatoms. The van der Waals surface area contributed by atoms with Crippen LogP contribution in [0.15, 0.2) is 60.4 Å². The van der Waals surface area contributed by atoms with Gasteiger partial charge in [-0.15, -0.1) is 0 Å². The van der Waals surface area contributed by atoms with E-state index in [9.17, 15) is 0 Å². The molecule has 0 unspecified atom stereocenters. The molecule has 0 bridgehead atoms. The Labute approximate surface area is 188 Å². The predicted molar refractivity (Wildman–Crippen MR) is 129 cm³/mol. The predicted octanol–water partition coefficient (Wildman–Crippen LogP) is 7.31. The van der Waals surface area contributed by atoms with E-state index in [1.165, 1.54) is 57.3 Å². The number of rotatable bonds is 6. The van der Waals surface area contributed by atoms with E-state index in [4.69, 9.17) is 16.3 Å². The summed E-state index contributed by atoms with van der Waals surface area (Å²) >= 11 is 6.10. The first kappa shape index (κ1) is 23.2. The summed E-state index contributed by atoms with van der Waals surface area (Å²) in [5.41, 5.74) is 1.83. The number of allylic oxidation sites excluding steroid dienone is 5. The first-order valence-corrected chi connectivity index (χ1v) is 12.1. The van der Waals surface area contributed by atoms with Crippen LogP contribution in [0.1, 0.15) is 64.4 Å². The van der Waals surface area contributed by atoms with E-state index in [1.54, 1.807) is 0 Å². The molecule has 0 N–H and O–H groups in total. The van der Waals surface area contributed by atoms with Crippen LogP contribution >= 0.6 is 11.6 Å². The van der Waals surface area contributed by atoms with Crippen LogP contribution in [-0.2, 0) is 10.2 Å². The van der Waals surface area contributed by atoms with Crippen LogP contribution < -0.4 is 0 Å². The van der Waals surface area contributed by atoms with Gasteiger partial charge in [0, 0.05) is 29.4 Å². The average molecular weight is 428 g/mol. The number of hydrogen-bond acceptors (Lipinski definition) is 2. The Balaban J connectivity index is 0.000000589. The summed E-state index contributed by atoms with van der Waals surface area (Å²) in [7, 11) is 0. The van der Waals surface area contributed by atoms with Crippen LogP contribution in [0.4, 0.5) is 0 Å². The highest BCUT2D eigenvalue weighted by Crippen LogP contribution is 2.45. The lowest BCUT2D eigenvalue weighted by molar-refractivity contribution is 0.0679. The molecule has 2 fully saturated rings. The maximum atomic E-state index is 6.10. The van der Waals surface area contributed by atoms with Crippen LogP contribution in [0.3, 0.4) is 0 Å². The lowest BCUT2D eigenvalue weighted by Gasteiger charge is -2.47. The molecule has 0 aromatic heterocycles. The third-order valence-corrected chi connectivity index (χ3v) is 6.93. The van der Waals surface area contributed by atoms with Gasteiger partial charge in [-0.3, -0.25) is 0 Å². The number of ether oxygens (including phenoxy) is 1. The van der Waals surface area contributed by atoms with Crippen molar-refractivity contribution in [2.45, 2.75) is 64.2 Å². The molecule has 3 aliphatic rings. The van der Waals surface area contributed by atoms with Gasteiger partial charge in [0.1, 0.15) is 5.76 Å². The van der Waals surface area contributed by atoms with Gasteiger partial charge in [-0.1, -0.05) is 48.4 Å². The quantitative estimate of drug-likeness (QED) is 0.441. The SMILES string of the molecule is C/C=C\C.Clc1ccc(C2(CN3CCC[C@H](COC4=CCCC=C4)C3)CCC2)cc1. The Morgan fingerprint density at radius 3 is 2.47 bits per heavy atom. The molecule has 1 aromatic carbocycles. The third kappa shape index (κ3) is 6.49. The monoisotopic (exact) mass is 427 g/mol. The van der Waals surface area contributed by atoms with Gasteiger partial charge < -0.3 is 9.64 Å². The van der Waals surface area contributed by atoms with E-state index in [-0.39, 0.29) is 0 Å². The standard InChI is InChI=1S/C23H30ClNO.C4H8/c24-21-11-9-20(10-12-21)23(13-5-14-23)18-25-15-4-6-19(16-25)17-26-22-7-2-1-3-8-22;1-3-4-2/h2,7-12,19H,1,3-6,13-18H2;3-4H,1-2H3/b;4-3-/t19-;/m0./s1. The van der Waals surface area contributed by atoms with E-state index in [0.29, 0.717) is 11.3 Å². The molecule has 1 atom stereocenters. The van der Waals surface area contributed by atoms with Gasteiger partial charge in [-0.25, -0.2) is 0 Å². The molecule has 1 aliphatic heterocycles. The molecule has 30 heavy (non-hydrogen) atoms. The highest BCUT2D eigenvalue weighted by atomic mass is 35.5. The summed E-state index contributed by atoms with van der Waals surface area (Å²) in [4.78, 5) is 2.69. The molecule has 0 radical (unpaired) electrons. The zero-order valence-electron chi connectivity index (χ0n) is 18.8. The fourth-order valence-electron chi connectivity index (χ4n) is 4.71. The van der Waals surface area contributed by atoms with Crippen LogP contribution in [0.5, 0.6) is 0 Å². The minimum Gasteiger partial charge on any atom is -0.494 e. The van der Waals surface area contributed by atoms with Crippen molar-refractivity contribution in [3.05, 3.63) is 71.0 Å². The van der Waals surface area contributed by atoms with Gasteiger partial charge >= 0.3 is 0 Å². The second-order valence-electron chi connectivity index (χ2n) is 8.95. The lowest BCUT2D eigenvalue weighted by Crippen LogP contribution is -2.49. The highest BCUT2D eigenvalue weighted by molar-refractivity contribution is 6.30. The van der Waals surface area contributed by atoms with Gasteiger partial charge in [0.05, 0.1) is 6.61 Å². The smallest absolute Gasteiger partial charge is 0.115 e. The van der Waals surface area contributed by atoms with E-state index in [2.05, 4.69) is 47.4 Å². The van der Waals surface area contributed by atoms with Crippen molar-refractivity contribution in [3.63, 3.8) is 0 Å². The molecule has 2 aliphatic carbocycles. The Hall–Kier alpha value is -1.51. The average Bonchev–Trinajstić information content (AvgIpc) is 2.77. The number of benzene rings is 1. The van der Waals surface area contributed by atoms with Gasteiger partial charge in [0.2, 0.25) is 0 Å². The number of halogens is 1. The first-order chi connectivity index (χ1) is 14.6. The molecule has 4 rings (SSSR count). The minimum absolute atomic E-state index is 0.349. The maximum Gasteiger partial charge on any atom is 0.115 e. The fourth-order valence-corrected chi connectivity index (χ4v) is 4.84. The number of nitrogens with zero attached hydrogens (tertiary/aromatic N) is 1. The van der Waals surface area contributed by atoms with Crippen LogP contribution in [0.25, 0.3) is 0 Å². The molecule has 0 spiro atoms. The van der Waals surface area contributed by atoms with Crippen molar-refractivity contribution in [1.29, 1.82) is 0 Å². The molecule has 2 nitrogen and oxygen atoms in total. The van der Waals surface area contributed by atoms with E-state index in [0.717, 1.165) is 30.2 Å². The van der Waals surface area contributed by atoms with Gasteiger partial charge in [-0.2, -0.15) is 0 Å². The van der Waals surface area contributed by atoms with E-state index < -0.39 is 0 Å². The lowest BCUT2D eigenvalue weighted by atomic mass is 9.64. The largest absolute Gasteiger partial charge is 0.494 e. The summed E-state index contributed by atoms with van der Waals surface area (Å²) < 4.78 is 6.07. The summed E-state index contributed by atoms with van der Waals surface area (Å²) in [5.74, 6) is 1.73. The van der Waals surface area contributed by atoms with Crippen molar-refractivity contribution < 1.29 is 4.74 Å². The Kier molecular flexibility index (Phi) is 9.08. The fraction of sp³-hybridized carbons (Fsp3) is 0.556. The zero-order chi connectivity index (χ0) is 21.2. The molecule has 1 saturated carbocycles. The van der Waals surface area contributed by atoms with Gasteiger partial charge in [0.25, 0.3) is 0 Å². The molecule has 0 amide bonds. The van der Waals surface area contributed by atoms with Crippen molar-refractivity contribution >= 4 is 11.6 Å². The Morgan fingerprint density at radius 2 is 1.87 bits per heavy atom. The molecule has 1 heterocycles. The Morgan fingerprint density at radius 1 is 1.10 bits per heavy atom. The van der Waals surface area contributed by atoms with Crippen LogP contribution in [0, 0.1) is 5.92 Å². The first-order valence-electron chi connectivity index (χ1n) is 11.7. The van der Waals surface area contributed by atoms with Gasteiger partial charge in [0.15, 0.2) is 0 Å². The molecular weight excluding hydrogens is 390 g/mol. The molecular formula is C27H38ClNO. The normalized spacial score (nSPS) is 23.3. The van der Waals surface area contributed by atoms with Crippen molar-refractivity contribution in [2.24, 2.45) is 5.92 Å². The summed E-state index contributed by atoms with van der Waals surface area (Å²) in [5, 5.41) is 0.837. The topological polar surface area (TPSA) is 12.5 Å². The molecule has 1 aromatic rings. The third-order valence-electron chi connectivity index (χ3n) is 6.68. The minimum atomic E-state index is 0.349. The Bertz CT molecular complexity index is 726. The molecule has 1 saturated heterocycles. The second kappa shape index (κ2) is 11.8. The van der Waals surface area contributed by atoms with Crippen molar-refractivity contribution in [2.75, 3.05) is 26.2 Å². The van der Waals surface area contributed by atoms with E-state index in [1.807, 2.05) is 26.0 Å². The summed E-state index contributed by atoms with van der Waals surface area (Å²) in [6, 6.07) is 8.59. The second-order valence-corrected chi connectivity index (χ2v) is 9.38. The number of likely N-dealkylation sites (tertiary alicyclic amines) is 1. The summed E-state index contributed by atoms with van der Waals surface area (Å²) in [6.45, 7) is 8.45. The maximum absolute atomic E-state index is 6.10. The highest BCUT2D eigenvalue weighted by Gasteiger charge is 2.40. The molecule has 164 valence electrons. The van der Waals surface area contributed by atoms with Crippen LogP contribution in [0.2, 0.25) is 5.02 Å². The number of hydrogen-bond donors (Lipinski definition) is 0. The summed E-state index contributed by atoms with van der Waals surface area (Å²) in [6.07, 6.45) is 19.4. The van der Waals surface area contributed by atoms with Gasteiger partial charge in [-0.05, 0) is 88.8 Å². The van der Waals surface area contributed by atoms with E-state index >= 15 is 0 Å². The number of piperidine rings is 1. The van der Waals surface area contributed by atoms with Crippen molar-refractivity contribution in [3.8, 4) is 0 Å². The van der Waals surface area contributed by atoms with Crippen molar-refractivity contribution in [1.82, 2.24) is 4.90 Å².